The van der Waals surface area contributed by atoms with Crippen LogP contribution in [0.1, 0.15) is 27.4 Å². The van der Waals surface area contributed by atoms with Crippen molar-refractivity contribution >= 4 is 23.2 Å². The average Bonchev–Trinajstić information content (AvgIpc) is 3.33. The molecule has 0 saturated carbocycles. The molecule has 2 heterocycles. The molecule has 2 aromatic carbocycles. The van der Waals surface area contributed by atoms with E-state index in [-0.39, 0.29) is 18.1 Å². The van der Waals surface area contributed by atoms with Crippen LogP contribution in [-0.2, 0) is 13.2 Å². The third-order valence-electron chi connectivity index (χ3n) is 4.52. The summed E-state index contributed by atoms with van der Waals surface area (Å²) >= 11 is 6.01. The summed E-state index contributed by atoms with van der Waals surface area (Å²) in [5.41, 5.74) is 2.12. The highest BCUT2D eigenvalue weighted by Gasteiger charge is 2.21. The van der Waals surface area contributed by atoms with Crippen molar-refractivity contribution < 1.29 is 18.4 Å². The molecule has 0 fully saturated rings. The zero-order valence-electron chi connectivity index (χ0n) is 16.5. The van der Waals surface area contributed by atoms with E-state index < -0.39 is 5.91 Å². The monoisotopic (exact) mass is 440 g/mol. The zero-order chi connectivity index (χ0) is 21.8. The number of ether oxygens (including phenoxy) is 1. The predicted molar refractivity (Wildman–Crippen MR) is 113 cm³/mol. The fraction of sp³-hybridized carbons (Fsp3) is 0.136. The highest BCUT2D eigenvalue weighted by atomic mass is 35.5. The summed E-state index contributed by atoms with van der Waals surface area (Å²) in [4.78, 5) is 12.7. The Kier molecular flexibility index (Phi) is 5.99. The van der Waals surface area contributed by atoms with Crippen LogP contribution in [0.5, 0.6) is 5.75 Å². The van der Waals surface area contributed by atoms with Gasteiger partial charge in [-0.25, -0.2) is 4.39 Å². The lowest BCUT2D eigenvalue weighted by molar-refractivity contribution is 0.101. The molecule has 0 saturated heterocycles. The molecule has 1 N–H and O–H groups in total. The fourth-order valence-electron chi connectivity index (χ4n) is 2.95. The molecule has 0 spiro atoms. The lowest BCUT2D eigenvalue weighted by atomic mass is 10.2. The van der Waals surface area contributed by atoms with Gasteiger partial charge in [0, 0.05) is 11.2 Å². The highest BCUT2D eigenvalue weighted by molar-refractivity contribution is 6.30. The minimum absolute atomic E-state index is 0.0533. The van der Waals surface area contributed by atoms with Crippen LogP contribution in [0.25, 0.3) is 0 Å². The van der Waals surface area contributed by atoms with E-state index in [1.54, 1.807) is 30.1 Å². The lowest BCUT2D eigenvalue weighted by Gasteiger charge is -2.06. The van der Waals surface area contributed by atoms with Crippen LogP contribution >= 0.6 is 11.6 Å². The molecule has 9 heteroatoms. The number of aryl methyl sites for hydroxylation is 1. The van der Waals surface area contributed by atoms with Crippen LogP contribution in [0.2, 0.25) is 5.02 Å². The second kappa shape index (κ2) is 9.01. The quantitative estimate of drug-likeness (QED) is 0.444. The Labute approximate surface area is 182 Å². The number of rotatable bonds is 7. The number of benzene rings is 2. The molecule has 4 rings (SSSR count). The topological polar surface area (TPSA) is 82.2 Å². The summed E-state index contributed by atoms with van der Waals surface area (Å²) in [7, 11) is 0. The maximum absolute atomic E-state index is 13.0. The molecule has 2 aromatic heterocycles. The number of carbonyl (C=O) groups is 1. The van der Waals surface area contributed by atoms with Gasteiger partial charge >= 0.3 is 0 Å². The minimum atomic E-state index is -0.447. The summed E-state index contributed by atoms with van der Waals surface area (Å²) in [6.45, 7) is 2.25. The van der Waals surface area contributed by atoms with Crippen molar-refractivity contribution in [3.8, 4) is 5.75 Å². The molecule has 0 radical (unpaired) electrons. The van der Waals surface area contributed by atoms with E-state index in [0.29, 0.717) is 34.3 Å². The van der Waals surface area contributed by atoms with Crippen LogP contribution < -0.4 is 10.1 Å². The molecule has 0 aliphatic rings. The van der Waals surface area contributed by atoms with E-state index in [4.69, 9.17) is 20.9 Å². The molecule has 0 bridgehead atoms. The first-order chi connectivity index (χ1) is 15.0. The summed E-state index contributed by atoms with van der Waals surface area (Å²) in [6, 6.07) is 13.1. The Morgan fingerprint density at radius 2 is 2.06 bits per heavy atom. The van der Waals surface area contributed by atoms with Crippen LogP contribution in [0.15, 0.2) is 65.4 Å². The molecule has 158 valence electrons. The van der Waals surface area contributed by atoms with Gasteiger partial charge in [0.1, 0.15) is 23.9 Å². The van der Waals surface area contributed by atoms with Crippen molar-refractivity contribution in [2.75, 3.05) is 5.32 Å². The van der Waals surface area contributed by atoms with E-state index in [9.17, 15) is 9.18 Å². The highest BCUT2D eigenvalue weighted by Crippen LogP contribution is 2.20. The number of halogens is 2. The van der Waals surface area contributed by atoms with E-state index in [2.05, 4.69) is 15.6 Å². The fourth-order valence-corrected chi connectivity index (χ4v) is 3.17. The Morgan fingerprint density at radius 3 is 2.84 bits per heavy atom. The van der Waals surface area contributed by atoms with Gasteiger partial charge in [-0.2, -0.15) is 5.10 Å². The maximum atomic E-state index is 13.0. The molecule has 0 aliphatic heterocycles. The van der Waals surface area contributed by atoms with Gasteiger partial charge in [0.2, 0.25) is 0 Å². The van der Waals surface area contributed by atoms with Crippen LogP contribution in [0, 0.1) is 12.7 Å². The first-order valence-corrected chi connectivity index (χ1v) is 9.77. The van der Waals surface area contributed by atoms with Gasteiger partial charge in [-0.15, -0.1) is 0 Å². The van der Waals surface area contributed by atoms with Gasteiger partial charge in [-0.1, -0.05) is 28.9 Å². The van der Waals surface area contributed by atoms with E-state index in [1.165, 1.54) is 24.3 Å². The van der Waals surface area contributed by atoms with Crippen LogP contribution in [-0.4, -0.2) is 20.8 Å². The van der Waals surface area contributed by atoms with Gasteiger partial charge < -0.3 is 14.6 Å². The Hall–Kier alpha value is -3.65. The Bertz CT molecular complexity index is 1200. The first-order valence-electron chi connectivity index (χ1n) is 9.40. The smallest absolute Gasteiger partial charge is 0.278 e. The largest absolute Gasteiger partial charge is 0.489 e. The zero-order valence-corrected chi connectivity index (χ0v) is 17.3. The molecule has 0 atom stereocenters. The summed E-state index contributed by atoms with van der Waals surface area (Å²) < 4.78 is 25.5. The molecule has 31 heavy (non-hydrogen) atoms. The third kappa shape index (κ3) is 5.10. The number of carbonyl (C=O) groups excluding carboxylic acids is 1. The molecule has 1 amide bonds. The summed E-state index contributed by atoms with van der Waals surface area (Å²) in [6.07, 6.45) is 3.25. The van der Waals surface area contributed by atoms with Crippen molar-refractivity contribution in [2.24, 2.45) is 0 Å². The molecule has 4 aromatic rings. The van der Waals surface area contributed by atoms with Gasteiger partial charge in [0.25, 0.3) is 5.91 Å². The van der Waals surface area contributed by atoms with E-state index >= 15 is 0 Å². The van der Waals surface area contributed by atoms with Gasteiger partial charge in [-0.05, 0) is 48.9 Å². The maximum Gasteiger partial charge on any atom is 0.278 e. The van der Waals surface area contributed by atoms with Crippen molar-refractivity contribution in [3.63, 3.8) is 0 Å². The van der Waals surface area contributed by atoms with Gasteiger partial charge in [0.15, 0.2) is 5.69 Å². The summed E-state index contributed by atoms with van der Waals surface area (Å²) in [5.74, 6) is 0.126. The first kappa shape index (κ1) is 20.6. The Balaban J connectivity index is 1.42. The second-order valence-corrected chi connectivity index (χ2v) is 7.26. The molecular weight excluding hydrogens is 423 g/mol. The van der Waals surface area contributed by atoms with E-state index in [0.717, 1.165) is 5.56 Å². The SMILES string of the molecule is Cc1onc(C(=O)Nc2cnn(Cc3cccc(Cl)c3)c2)c1COc1ccc(F)cc1. The van der Waals surface area contributed by atoms with Crippen LogP contribution in [0.4, 0.5) is 10.1 Å². The van der Waals surface area contributed by atoms with Crippen molar-refractivity contribution in [2.45, 2.75) is 20.1 Å². The number of hydrogen-bond acceptors (Lipinski definition) is 5. The standard InChI is InChI=1S/C22H18ClFN4O3/c1-14-20(13-30-19-7-5-17(24)6-8-19)21(27-31-14)22(29)26-18-10-25-28(12-18)11-15-3-2-4-16(23)9-15/h2-10,12H,11,13H2,1H3,(H,26,29). The number of anilines is 1. The minimum Gasteiger partial charge on any atom is -0.489 e. The molecule has 7 nitrogen and oxygen atoms in total. The number of amides is 1. The second-order valence-electron chi connectivity index (χ2n) is 6.82. The number of aromatic nitrogens is 3. The number of nitrogens with zero attached hydrogens (tertiary/aromatic N) is 3. The average molecular weight is 441 g/mol. The van der Waals surface area contributed by atoms with Crippen molar-refractivity contribution in [3.05, 3.63) is 94.3 Å². The molecule has 0 aliphatic carbocycles. The van der Waals surface area contributed by atoms with Gasteiger partial charge in [0.05, 0.1) is 24.0 Å². The normalized spacial score (nSPS) is 10.8. The molecular formula is C22H18ClFN4O3. The van der Waals surface area contributed by atoms with Crippen molar-refractivity contribution in [1.29, 1.82) is 0 Å². The van der Waals surface area contributed by atoms with Gasteiger partial charge in [-0.3, -0.25) is 9.48 Å². The van der Waals surface area contributed by atoms with Crippen LogP contribution in [0.3, 0.4) is 0 Å². The Morgan fingerprint density at radius 1 is 1.26 bits per heavy atom. The lowest BCUT2D eigenvalue weighted by Crippen LogP contribution is -2.15. The van der Waals surface area contributed by atoms with E-state index in [1.807, 2.05) is 18.2 Å². The number of nitrogens with one attached hydrogen (secondary N) is 1. The predicted octanol–water partition coefficient (Wildman–Crippen LogP) is 4.85. The summed E-state index contributed by atoms with van der Waals surface area (Å²) in [5, 5.41) is 11.5. The van der Waals surface area contributed by atoms with Crippen molar-refractivity contribution in [1.82, 2.24) is 14.9 Å². The molecule has 0 unspecified atom stereocenters. The number of hydrogen-bond donors (Lipinski definition) is 1. The third-order valence-corrected chi connectivity index (χ3v) is 4.76.